The van der Waals surface area contributed by atoms with Gasteiger partial charge in [0.2, 0.25) is 5.91 Å². The van der Waals surface area contributed by atoms with E-state index in [-0.39, 0.29) is 17.9 Å². The number of rotatable bonds is 4. The normalized spacial score (nSPS) is 17.5. The lowest BCUT2D eigenvalue weighted by atomic mass is 10.1. The van der Waals surface area contributed by atoms with E-state index in [1.54, 1.807) is 35.4 Å². The molecule has 0 radical (unpaired) electrons. The summed E-state index contributed by atoms with van der Waals surface area (Å²) in [4.78, 5) is 46.9. The first kappa shape index (κ1) is 22.6. The zero-order valence-corrected chi connectivity index (χ0v) is 20.1. The van der Waals surface area contributed by atoms with Gasteiger partial charge in [-0.3, -0.25) is 14.5 Å². The highest BCUT2D eigenvalue weighted by atomic mass is 35.5. The summed E-state index contributed by atoms with van der Waals surface area (Å²) in [5.74, 6) is -0.468. The molecule has 1 aromatic carbocycles. The molecule has 2 aliphatic rings. The van der Waals surface area contributed by atoms with E-state index in [1.807, 2.05) is 0 Å². The fraction of sp³-hybridized carbons (Fsp3) is 0.217. The van der Waals surface area contributed by atoms with E-state index >= 15 is 0 Å². The van der Waals surface area contributed by atoms with Gasteiger partial charge in [0.15, 0.2) is 0 Å². The zero-order valence-electron chi connectivity index (χ0n) is 17.8. The molecule has 11 heteroatoms. The number of halogens is 2. The summed E-state index contributed by atoms with van der Waals surface area (Å²) < 4.78 is 0. The number of hydrogen-bond acceptors (Lipinski definition) is 5. The standard InChI is InChI=1S/C23H19Cl2N5O3S/c1-2-17(31)29-9-3-4-12(11-29)27-21(32)20-19-18-16(7-8-26-22(18)34-20)30(23(33)28-19)13-5-6-14(24)15(25)10-13/h2,5-8,10,12H,1,3-4,9,11H2,(H,27,32)(H,28,33). The van der Waals surface area contributed by atoms with Crippen molar-refractivity contribution in [2.45, 2.75) is 18.9 Å². The second-order valence-corrected chi connectivity index (χ2v) is 9.79. The van der Waals surface area contributed by atoms with Crippen molar-refractivity contribution >= 4 is 79.7 Å². The average molecular weight is 516 g/mol. The molecule has 1 unspecified atom stereocenters. The minimum absolute atomic E-state index is 0.153. The summed E-state index contributed by atoms with van der Waals surface area (Å²) in [6, 6.07) is 6.04. The monoisotopic (exact) mass is 515 g/mol. The molecule has 0 bridgehead atoms. The summed E-state index contributed by atoms with van der Waals surface area (Å²) in [5, 5.41) is 7.25. The Kier molecular flexibility index (Phi) is 5.93. The van der Waals surface area contributed by atoms with Gasteiger partial charge < -0.3 is 15.5 Å². The van der Waals surface area contributed by atoms with E-state index in [2.05, 4.69) is 22.2 Å². The quantitative estimate of drug-likeness (QED) is 0.467. The van der Waals surface area contributed by atoms with E-state index in [9.17, 15) is 14.4 Å². The van der Waals surface area contributed by atoms with Gasteiger partial charge in [0.25, 0.3) is 5.91 Å². The summed E-state index contributed by atoms with van der Waals surface area (Å²) in [5.41, 5.74) is 1.56. The number of pyridine rings is 1. The number of thiophene rings is 1. The van der Waals surface area contributed by atoms with Crippen molar-refractivity contribution in [2.24, 2.45) is 0 Å². The molecule has 0 spiro atoms. The van der Waals surface area contributed by atoms with Gasteiger partial charge >= 0.3 is 6.03 Å². The van der Waals surface area contributed by atoms with Crippen LogP contribution in [0.2, 0.25) is 10.0 Å². The number of hydrogen-bond donors (Lipinski definition) is 2. The van der Waals surface area contributed by atoms with E-state index < -0.39 is 6.03 Å². The van der Waals surface area contributed by atoms with Crippen LogP contribution in [0, 0.1) is 0 Å². The van der Waals surface area contributed by atoms with Crippen LogP contribution in [0.25, 0.3) is 10.2 Å². The van der Waals surface area contributed by atoms with Crippen molar-refractivity contribution in [1.82, 2.24) is 15.2 Å². The highest BCUT2D eigenvalue weighted by Gasteiger charge is 2.34. The lowest BCUT2D eigenvalue weighted by molar-refractivity contribution is -0.127. The fourth-order valence-electron chi connectivity index (χ4n) is 4.30. The molecular formula is C23H19Cl2N5O3S. The molecule has 1 atom stereocenters. The number of piperidine rings is 1. The van der Waals surface area contributed by atoms with Crippen LogP contribution in [0.15, 0.2) is 43.1 Å². The van der Waals surface area contributed by atoms with Gasteiger partial charge in [0.05, 0.1) is 32.5 Å². The van der Waals surface area contributed by atoms with E-state index in [0.717, 1.165) is 12.8 Å². The maximum absolute atomic E-state index is 13.2. The largest absolute Gasteiger partial charge is 0.347 e. The minimum atomic E-state index is -0.425. The topological polar surface area (TPSA) is 94.6 Å². The zero-order chi connectivity index (χ0) is 24.0. The van der Waals surface area contributed by atoms with Crippen LogP contribution in [0.5, 0.6) is 0 Å². The molecule has 174 valence electrons. The molecule has 2 aromatic heterocycles. The van der Waals surface area contributed by atoms with Gasteiger partial charge in [-0.25, -0.2) is 9.78 Å². The maximum Gasteiger partial charge on any atom is 0.331 e. The van der Waals surface area contributed by atoms with Gasteiger partial charge in [-0.15, -0.1) is 11.3 Å². The Hall–Kier alpha value is -3.14. The summed E-state index contributed by atoms with van der Waals surface area (Å²) in [7, 11) is 0. The van der Waals surface area contributed by atoms with E-state index in [4.69, 9.17) is 23.2 Å². The van der Waals surface area contributed by atoms with Crippen molar-refractivity contribution < 1.29 is 14.4 Å². The molecule has 34 heavy (non-hydrogen) atoms. The number of benzene rings is 1. The van der Waals surface area contributed by atoms with Crippen molar-refractivity contribution in [3.8, 4) is 0 Å². The third-order valence-electron chi connectivity index (χ3n) is 5.86. The summed E-state index contributed by atoms with van der Waals surface area (Å²) >= 11 is 13.4. The van der Waals surface area contributed by atoms with Crippen LogP contribution in [0.4, 0.5) is 21.9 Å². The predicted molar refractivity (Wildman–Crippen MR) is 135 cm³/mol. The number of anilines is 3. The Labute approximate surface area is 209 Å². The molecule has 2 N–H and O–H groups in total. The number of likely N-dealkylation sites (tertiary alicyclic amines) is 1. The second kappa shape index (κ2) is 8.90. The smallest absolute Gasteiger partial charge is 0.331 e. The summed E-state index contributed by atoms with van der Waals surface area (Å²) in [6.45, 7) is 4.59. The lowest BCUT2D eigenvalue weighted by Gasteiger charge is -2.32. The molecular weight excluding hydrogens is 497 g/mol. The Morgan fingerprint density at radius 1 is 1.26 bits per heavy atom. The molecule has 5 rings (SSSR count). The third-order valence-corrected chi connectivity index (χ3v) is 7.69. The molecule has 4 heterocycles. The molecule has 0 saturated carbocycles. The minimum Gasteiger partial charge on any atom is -0.347 e. The highest BCUT2D eigenvalue weighted by Crippen LogP contribution is 2.46. The van der Waals surface area contributed by atoms with Crippen LogP contribution in [0.3, 0.4) is 0 Å². The SMILES string of the molecule is C=CC(=O)N1CCCC(NC(=O)c2sc3nccc4c3c2NC(=O)N4c2ccc(Cl)c(Cl)c2)C1. The highest BCUT2D eigenvalue weighted by molar-refractivity contribution is 7.21. The van der Waals surface area contributed by atoms with Crippen molar-refractivity contribution in [2.75, 3.05) is 23.3 Å². The van der Waals surface area contributed by atoms with Gasteiger partial charge in [-0.05, 0) is 43.2 Å². The number of carbonyl (C=O) groups is 3. The fourth-order valence-corrected chi connectivity index (χ4v) is 5.61. The van der Waals surface area contributed by atoms with Crippen LogP contribution in [-0.4, -0.2) is 46.9 Å². The van der Waals surface area contributed by atoms with Gasteiger partial charge in [0, 0.05) is 25.3 Å². The van der Waals surface area contributed by atoms with Crippen molar-refractivity contribution in [3.05, 3.63) is 58.0 Å². The number of urea groups is 1. The Balaban J connectivity index is 1.48. The first-order valence-electron chi connectivity index (χ1n) is 10.6. The van der Waals surface area contributed by atoms with Gasteiger partial charge in [-0.1, -0.05) is 29.8 Å². The molecule has 8 nitrogen and oxygen atoms in total. The van der Waals surface area contributed by atoms with Crippen molar-refractivity contribution in [3.63, 3.8) is 0 Å². The van der Waals surface area contributed by atoms with Crippen LogP contribution >= 0.6 is 34.5 Å². The molecule has 4 amide bonds. The molecule has 0 aliphatic carbocycles. The Bertz CT molecular complexity index is 1360. The number of amides is 4. The number of nitrogens with one attached hydrogen (secondary N) is 2. The molecule has 2 aliphatic heterocycles. The molecule has 1 fully saturated rings. The molecule has 1 saturated heterocycles. The first-order chi connectivity index (χ1) is 16.4. The maximum atomic E-state index is 13.2. The molecule has 3 aromatic rings. The van der Waals surface area contributed by atoms with Crippen molar-refractivity contribution in [1.29, 1.82) is 0 Å². The van der Waals surface area contributed by atoms with Crippen LogP contribution in [-0.2, 0) is 4.79 Å². The average Bonchev–Trinajstić information content (AvgIpc) is 3.20. The van der Waals surface area contributed by atoms with E-state index in [0.29, 0.717) is 55.3 Å². The van der Waals surface area contributed by atoms with Gasteiger partial charge in [0.1, 0.15) is 9.71 Å². The Morgan fingerprint density at radius 3 is 2.85 bits per heavy atom. The van der Waals surface area contributed by atoms with E-state index in [1.165, 1.54) is 22.3 Å². The lowest BCUT2D eigenvalue weighted by Crippen LogP contribution is -2.49. The van der Waals surface area contributed by atoms with Gasteiger partial charge in [-0.2, -0.15) is 0 Å². The number of carbonyl (C=O) groups excluding carboxylic acids is 3. The first-order valence-corrected chi connectivity index (χ1v) is 12.1. The van der Waals surface area contributed by atoms with Crippen LogP contribution in [0.1, 0.15) is 22.5 Å². The predicted octanol–water partition coefficient (Wildman–Crippen LogP) is 5.19. The number of nitrogens with zero attached hydrogens (tertiary/aromatic N) is 3. The number of aromatic nitrogens is 1. The summed E-state index contributed by atoms with van der Waals surface area (Å²) in [6.07, 6.45) is 4.42. The van der Waals surface area contributed by atoms with Crippen LogP contribution < -0.4 is 15.5 Å². The second-order valence-electron chi connectivity index (χ2n) is 7.98. The Morgan fingerprint density at radius 2 is 2.09 bits per heavy atom. The third kappa shape index (κ3) is 3.89.